The van der Waals surface area contributed by atoms with E-state index in [1.807, 2.05) is 0 Å². The second-order valence-electron chi connectivity index (χ2n) is 7.37. The highest BCUT2D eigenvalue weighted by atomic mass is 32.2. The summed E-state index contributed by atoms with van der Waals surface area (Å²) in [5.41, 5.74) is 6.65. The summed E-state index contributed by atoms with van der Waals surface area (Å²) in [6.07, 6.45) is 0. The van der Waals surface area contributed by atoms with Crippen molar-refractivity contribution < 1.29 is 32.2 Å². The molecule has 0 heterocycles. The number of hydrogen-bond donors (Lipinski definition) is 3. The lowest BCUT2D eigenvalue weighted by Crippen LogP contribution is -2.20. The zero-order valence-electron chi connectivity index (χ0n) is 19.3. The average Bonchev–Trinajstić information content (AvgIpc) is 2.84. The number of aryl methyl sites for hydroxylation is 1. The molecule has 11 heteroatoms. The standard InChI is InChI=1S/C24H25N3O7S/c1-15-9-10-17(13-19(15)27-35(30,31)18-7-5-4-6-8-18)26-24(29)16-11-20(32-2)23(21(12-16)33-3)34-14-22(25)28/h4-13,27H,14H2,1-3H3,(H2,25,28)(H,26,29). The van der Waals surface area contributed by atoms with E-state index in [0.29, 0.717) is 16.9 Å². The van der Waals surface area contributed by atoms with Crippen LogP contribution < -0.4 is 30.0 Å². The molecule has 0 fully saturated rings. The number of carbonyl (C=O) groups excluding carboxylic acids is 2. The van der Waals surface area contributed by atoms with Gasteiger partial charge >= 0.3 is 0 Å². The fraction of sp³-hybridized carbons (Fsp3) is 0.167. The van der Waals surface area contributed by atoms with E-state index >= 15 is 0 Å². The van der Waals surface area contributed by atoms with Crippen molar-refractivity contribution >= 4 is 33.2 Å². The molecule has 184 valence electrons. The summed E-state index contributed by atoms with van der Waals surface area (Å²) in [6, 6.07) is 15.6. The Balaban J connectivity index is 1.86. The maximum Gasteiger partial charge on any atom is 0.261 e. The number of sulfonamides is 1. The second-order valence-corrected chi connectivity index (χ2v) is 9.05. The molecule has 0 spiro atoms. The van der Waals surface area contributed by atoms with E-state index in [1.165, 1.54) is 44.6 Å². The van der Waals surface area contributed by atoms with E-state index in [4.69, 9.17) is 19.9 Å². The summed E-state index contributed by atoms with van der Waals surface area (Å²) in [4.78, 5) is 24.1. The highest BCUT2D eigenvalue weighted by Crippen LogP contribution is 2.38. The van der Waals surface area contributed by atoms with Gasteiger partial charge in [-0.2, -0.15) is 0 Å². The number of carbonyl (C=O) groups is 2. The van der Waals surface area contributed by atoms with E-state index < -0.39 is 28.4 Å². The molecule has 10 nitrogen and oxygen atoms in total. The highest BCUT2D eigenvalue weighted by molar-refractivity contribution is 7.92. The summed E-state index contributed by atoms with van der Waals surface area (Å²) < 4.78 is 43.9. The predicted molar refractivity (Wildman–Crippen MR) is 131 cm³/mol. The monoisotopic (exact) mass is 499 g/mol. The minimum atomic E-state index is -3.81. The zero-order chi connectivity index (χ0) is 25.6. The van der Waals surface area contributed by atoms with Gasteiger partial charge in [0.2, 0.25) is 5.75 Å². The fourth-order valence-electron chi connectivity index (χ4n) is 3.11. The van der Waals surface area contributed by atoms with Crippen LogP contribution in [0.15, 0.2) is 65.6 Å². The smallest absolute Gasteiger partial charge is 0.261 e. The third-order valence-corrected chi connectivity index (χ3v) is 6.26. The molecule has 0 saturated heterocycles. The Bertz CT molecular complexity index is 1320. The number of rotatable bonds is 10. The summed E-state index contributed by atoms with van der Waals surface area (Å²) in [5.74, 6) is -0.747. The molecular formula is C24H25N3O7S. The van der Waals surface area contributed by atoms with Crippen molar-refractivity contribution in [3.8, 4) is 17.2 Å². The van der Waals surface area contributed by atoms with Gasteiger partial charge in [0.1, 0.15) is 0 Å². The number of amides is 2. The minimum Gasteiger partial charge on any atom is -0.493 e. The molecule has 3 rings (SSSR count). The van der Waals surface area contributed by atoms with E-state index in [-0.39, 0.29) is 27.7 Å². The molecular weight excluding hydrogens is 474 g/mol. The van der Waals surface area contributed by atoms with Gasteiger partial charge < -0.3 is 25.3 Å². The first-order valence-electron chi connectivity index (χ1n) is 10.3. The molecule has 0 aliphatic carbocycles. The number of methoxy groups -OCH3 is 2. The third kappa shape index (κ3) is 6.21. The maximum atomic E-state index is 13.0. The van der Waals surface area contributed by atoms with Crippen LogP contribution >= 0.6 is 0 Å². The van der Waals surface area contributed by atoms with Crippen molar-refractivity contribution in [3.63, 3.8) is 0 Å². The van der Waals surface area contributed by atoms with Crippen LogP contribution in [0, 0.1) is 6.92 Å². The molecule has 35 heavy (non-hydrogen) atoms. The number of benzene rings is 3. The molecule has 0 saturated carbocycles. The average molecular weight is 500 g/mol. The van der Waals surface area contributed by atoms with Crippen molar-refractivity contribution in [2.24, 2.45) is 5.73 Å². The van der Waals surface area contributed by atoms with Gasteiger partial charge in [-0.25, -0.2) is 8.42 Å². The van der Waals surface area contributed by atoms with E-state index in [2.05, 4.69) is 10.0 Å². The van der Waals surface area contributed by atoms with Gasteiger partial charge in [-0.05, 0) is 48.9 Å². The number of hydrogen-bond acceptors (Lipinski definition) is 7. The van der Waals surface area contributed by atoms with Gasteiger partial charge in [-0.3, -0.25) is 14.3 Å². The first-order valence-corrected chi connectivity index (χ1v) is 11.8. The molecule has 0 radical (unpaired) electrons. The summed E-state index contributed by atoms with van der Waals surface area (Å²) in [7, 11) is -1.06. The van der Waals surface area contributed by atoms with Crippen molar-refractivity contribution in [2.45, 2.75) is 11.8 Å². The number of anilines is 2. The van der Waals surface area contributed by atoms with Gasteiger partial charge in [-0.1, -0.05) is 24.3 Å². The van der Waals surface area contributed by atoms with Crippen LogP contribution in [0.5, 0.6) is 17.2 Å². The lowest BCUT2D eigenvalue weighted by Gasteiger charge is -2.16. The summed E-state index contributed by atoms with van der Waals surface area (Å²) in [6.45, 7) is 1.35. The molecule has 0 aliphatic heterocycles. The Labute approximate surface area is 203 Å². The molecule has 3 aromatic carbocycles. The Morgan fingerprint density at radius 3 is 2.14 bits per heavy atom. The summed E-state index contributed by atoms with van der Waals surface area (Å²) >= 11 is 0. The number of primary amides is 1. The van der Waals surface area contributed by atoms with Crippen molar-refractivity contribution in [3.05, 3.63) is 71.8 Å². The first kappa shape index (κ1) is 25.4. The molecule has 0 unspecified atom stereocenters. The quantitative estimate of drug-likeness (QED) is 0.389. The van der Waals surface area contributed by atoms with Gasteiger partial charge in [0.05, 0.1) is 24.8 Å². The molecule has 0 atom stereocenters. The Morgan fingerprint density at radius 2 is 1.57 bits per heavy atom. The lowest BCUT2D eigenvalue weighted by atomic mass is 10.1. The molecule has 0 aromatic heterocycles. The lowest BCUT2D eigenvalue weighted by molar-refractivity contribution is -0.120. The van der Waals surface area contributed by atoms with Crippen LogP contribution in [0.3, 0.4) is 0 Å². The molecule has 3 aromatic rings. The van der Waals surface area contributed by atoms with Gasteiger partial charge in [0.25, 0.3) is 21.8 Å². The Morgan fingerprint density at radius 1 is 0.943 bits per heavy atom. The van der Waals surface area contributed by atoms with Crippen molar-refractivity contribution in [2.75, 3.05) is 30.9 Å². The van der Waals surface area contributed by atoms with Crippen LogP contribution in [-0.4, -0.2) is 41.1 Å². The van der Waals surface area contributed by atoms with Gasteiger partial charge in [0.15, 0.2) is 18.1 Å². The zero-order valence-corrected chi connectivity index (χ0v) is 20.1. The van der Waals surface area contributed by atoms with Crippen LogP contribution in [0.2, 0.25) is 0 Å². The normalized spacial score (nSPS) is 10.8. The fourth-order valence-corrected chi connectivity index (χ4v) is 4.26. The SMILES string of the molecule is COc1cc(C(=O)Nc2ccc(C)c(NS(=O)(=O)c3ccccc3)c2)cc(OC)c1OCC(N)=O. The Kier molecular flexibility index (Phi) is 7.82. The molecule has 4 N–H and O–H groups in total. The largest absolute Gasteiger partial charge is 0.493 e. The minimum absolute atomic E-state index is 0.117. The number of nitrogens with one attached hydrogen (secondary N) is 2. The van der Waals surface area contributed by atoms with Crippen molar-refractivity contribution in [1.82, 2.24) is 0 Å². The maximum absolute atomic E-state index is 13.0. The van der Waals surface area contributed by atoms with E-state index in [0.717, 1.165) is 0 Å². The number of nitrogens with two attached hydrogens (primary N) is 1. The number of ether oxygens (including phenoxy) is 3. The van der Waals surface area contributed by atoms with E-state index in [1.54, 1.807) is 37.3 Å². The molecule has 0 bridgehead atoms. The van der Waals surface area contributed by atoms with Gasteiger partial charge in [0, 0.05) is 11.3 Å². The van der Waals surface area contributed by atoms with Crippen LogP contribution in [0.25, 0.3) is 0 Å². The van der Waals surface area contributed by atoms with E-state index in [9.17, 15) is 18.0 Å². The predicted octanol–water partition coefficient (Wildman–Crippen LogP) is 2.93. The van der Waals surface area contributed by atoms with Gasteiger partial charge in [-0.15, -0.1) is 0 Å². The second kappa shape index (κ2) is 10.8. The third-order valence-electron chi connectivity index (χ3n) is 4.87. The van der Waals surface area contributed by atoms with Crippen LogP contribution in [0.1, 0.15) is 15.9 Å². The molecule has 0 aliphatic rings. The highest BCUT2D eigenvalue weighted by Gasteiger charge is 2.19. The topological polar surface area (TPSA) is 146 Å². The van der Waals surface area contributed by atoms with Crippen LogP contribution in [0.4, 0.5) is 11.4 Å². The summed E-state index contributed by atoms with van der Waals surface area (Å²) in [5, 5.41) is 2.72. The first-order chi connectivity index (χ1) is 16.6. The van der Waals surface area contributed by atoms with Crippen LogP contribution in [-0.2, 0) is 14.8 Å². The van der Waals surface area contributed by atoms with Crippen molar-refractivity contribution in [1.29, 1.82) is 0 Å². The Hall–Kier alpha value is -4.25. The molecule has 2 amide bonds.